The van der Waals surface area contributed by atoms with Crippen LogP contribution in [-0.2, 0) is 16.0 Å². The van der Waals surface area contributed by atoms with E-state index in [1.807, 2.05) is 50.4 Å². The van der Waals surface area contributed by atoms with Gasteiger partial charge in [0.05, 0.1) is 25.2 Å². The number of imidazole rings is 1. The Morgan fingerprint density at radius 3 is 2.62 bits per heavy atom. The smallest absolute Gasteiger partial charge is 0.275 e. The lowest BCUT2D eigenvalue weighted by Gasteiger charge is -2.14. The molecular formula is C31H36N5O3+. The number of aryl methyl sites for hydroxylation is 1. The number of carbonyl (C=O) groups is 2. The van der Waals surface area contributed by atoms with Crippen molar-refractivity contribution in [2.45, 2.75) is 64.8 Å². The molecule has 1 atom stereocenters. The molecule has 2 aromatic heterocycles. The number of nitrogens with one attached hydrogen (secondary N) is 4. The van der Waals surface area contributed by atoms with Crippen molar-refractivity contribution in [3.05, 3.63) is 71.3 Å². The third-order valence-corrected chi connectivity index (χ3v) is 7.16. The van der Waals surface area contributed by atoms with Crippen LogP contribution >= 0.6 is 0 Å². The molecule has 2 aromatic carbocycles. The van der Waals surface area contributed by atoms with Crippen molar-refractivity contribution in [1.29, 1.82) is 5.26 Å². The van der Waals surface area contributed by atoms with E-state index in [9.17, 15) is 9.59 Å². The standard InChI is InChI=1S/C31H35N5O3/c1-4-23(37)8-6-5-7-9-28(31-33-19-29(36-31)22-12-10-21(18-32)11-13-22)35-30(38)17-25-20(2)34-27-15-14-24(39-3)16-26(25)27/h10-16,19,28,34H,4-9,17H2,1-3H3,(H,33,36)(H,35,38)/p+1/t28-/m0/s1. The average Bonchev–Trinajstić information content (AvgIpc) is 3.56. The van der Waals surface area contributed by atoms with E-state index in [2.05, 4.69) is 26.3 Å². The minimum atomic E-state index is -0.244. The van der Waals surface area contributed by atoms with Crippen LogP contribution in [0, 0.1) is 18.3 Å². The average molecular weight is 527 g/mol. The van der Waals surface area contributed by atoms with Gasteiger partial charge in [-0.2, -0.15) is 5.26 Å². The van der Waals surface area contributed by atoms with Gasteiger partial charge in [0.15, 0.2) is 5.69 Å². The highest BCUT2D eigenvalue weighted by atomic mass is 16.5. The number of hydrogen-bond acceptors (Lipinski definition) is 4. The molecule has 4 aromatic rings. The molecule has 0 spiro atoms. The fourth-order valence-corrected chi connectivity index (χ4v) is 4.87. The fourth-order valence-electron chi connectivity index (χ4n) is 4.87. The molecule has 0 aliphatic carbocycles. The number of ether oxygens (including phenoxy) is 1. The largest absolute Gasteiger partial charge is 0.497 e. The monoisotopic (exact) mass is 526 g/mol. The quantitative estimate of drug-likeness (QED) is 0.199. The van der Waals surface area contributed by atoms with Gasteiger partial charge in [-0.3, -0.25) is 9.59 Å². The van der Waals surface area contributed by atoms with E-state index >= 15 is 0 Å². The number of amides is 1. The molecule has 39 heavy (non-hydrogen) atoms. The summed E-state index contributed by atoms with van der Waals surface area (Å²) in [5, 5.41) is 13.3. The van der Waals surface area contributed by atoms with E-state index in [0.29, 0.717) is 18.4 Å². The maximum Gasteiger partial charge on any atom is 0.275 e. The predicted octanol–water partition coefficient (Wildman–Crippen LogP) is 5.50. The van der Waals surface area contributed by atoms with E-state index in [1.54, 1.807) is 19.2 Å². The van der Waals surface area contributed by atoms with Crippen molar-refractivity contribution < 1.29 is 19.3 Å². The van der Waals surface area contributed by atoms with Gasteiger partial charge in [0.2, 0.25) is 5.91 Å². The number of carbonyl (C=O) groups excluding carboxylic acids is 2. The van der Waals surface area contributed by atoms with Gasteiger partial charge in [-0.15, -0.1) is 0 Å². The Kier molecular flexibility index (Phi) is 9.16. The first-order chi connectivity index (χ1) is 18.9. The summed E-state index contributed by atoms with van der Waals surface area (Å²) >= 11 is 0. The molecule has 0 radical (unpaired) electrons. The number of benzene rings is 2. The number of unbranched alkanes of at least 4 members (excludes halogenated alkanes) is 2. The highest BCUT2D eigenvalue weighted by Crippen LogP contribution is 2.27. The Labute approximate surface area is 228 Å². The van der Waals surface area contributed by atoms with Crippen LogP contribution in [0.5, 0.6) is 5.75 Å². The van der Waals surface area contributed by atoms with Gasteiger partial charge in [0, 0.05) is 35.0 Å². The molecule has 0 unspecified atom stereocenters. The lowest BCUT2D eigenvalue weighted by atomic mass is 10.0. The normalized spacial score (nSPS) is 11.7. The molecule has 0 fully saturated rings. The van der Waals surface area contributed by atoms with E-state index in [1.165, 1.54) is 0 Å². The molecule has 0 saturated carbocycles. The maximum absolute atomic E-state index is 13.3. The molecular weight excluding hydrogens is 490 g/mol. The first kappa shape index (κ1) is 27.6. The summed E-state index contributed by atoms with van der Waals surface area (Å²) in [6.07, 6.45) is 6.69. The number of methoxy groups -OCH3 is 1. The fraction of sp³-hybridized carbons (Fsp3) is 0.355. The molecule has 4 rings (SSSR count). The summed E-state index contributed by atoms with van der Waals surface area (Å²) in [4.78, 5) is 35.1. The predicted molar refractivity (Wildman–Crippen MR) is 150 cm³/mol. The van der Waals surface area contributed by atoms with Crippen LogP contribution in [0.4, 0.5) is 0 Å². The molecule has 0 aliphatic rings. The molecule has 2 heterocycles. The second kappa shape index (κ2) is 12.9. The Balaban J connectivity index is 1.50. The van der Waals surface area contributed by atoms with Crippen molar-refractivity contribution in [1.82, 2.24) is 15.3 Å². The number of H-pyrrole nitrogens is 3. The van der Waals surface area contributed by atoms with Gasteiger partial charge in [0.1, 0.15) is 23.8 Å². The summed E-state index contributed by atoms with van der Waals surface area (Å²) in [5.74, 6) is 1.77. The molecule has 0 bridgehead atoms. The van der Waals surface area contributed by atoms with Crippen molar-refractivity contribution in [2.75, 3.05) is 7.11 Å². The van der Waals surface area contributed by atoms with Crippen molar-refractivity contribution in [3.63, 3.8) is 0 Å². The number of nitriles is 1. The van der Waals surface area contributed by atoms with E-state index in [-0.39, 0.29) is 24.2 Å². The van der Waals surface area contributed by atoms with Crippen LogP contribution in [0.3, 0.4) is 0 Å². The second-order valence-corrected chi connectivity index (χ2v) is 9.86. The Morgan fingerprint density at radius 1 is 1.10 bits per heavy atom. The van der Waals surface area contributed by atoms with Crippen LogP contribution in [0.15, 0.2) is 48.7 Å². The molecule has 4 N–H and O–H groups in total. The maximum atomic E-state index is 13.3. The first-order valence-corrected chi connectivity index (χ1v) is 13.5. The minimum Gasteiger partial charge on any atom is -0.497 e. The van der Waals surface area contributed by atoms with Gasteiger partial charge >= 0.3 is 0 Å². The summed E-state index contributed by atoms with van der Waals surface area (Å²) in [5.41, 5.74) is 5.31. The number of hydrogen-bond donors (Lipinski definition) is 3. The van der Waals surface area contributed by atoms with Gasteiger partial charge in [-0.05, 0) is 67.8 Å². The topological polar surface area (TPSA) is 125 Å². The van der Waals surface area contributed by atoms with Gasteiger partial charge in [-0.1, -0.05) is 19.8 Å². The Hall–Kier alpha value is -4.38. The van der Waals surface area contributed by atoms with Gasteiger partial charge in [0.25, 0.3) is 5.82 Å². The van der Waals surface area contributed by atoms with Crippen LogP contribution in [-0.4, -0.2) is 28.8 Å². The van der Waals surface area contributed by atoms with Crippen molar-refractivity contribution in [3.8, 4) is 23.1 Å². The number of aromatic amines is 3. The third kappa shape index (κ3) is 6.94. The summed E-state index contributed by atoms with van der Waals surface area (Å²) in [6.45, 7) is 3.87. The molecule has 202 valence electrons. The minimum absolute atomic E-state index is 0.0732. The number of rotatable bonds is 13. The third-order valence-electron chi connectivity index (χ3n) is 7.16. The summed E-state index contributed by atoms with van der Waals surface area (Å²) in [6, 6.07) is 15.1. The lowest BCUT2D eigenvalue weighted by molar-refractivity contribution is -0.391. The molecule has 0 aliphatic heterocycles. The van der Waals surface area contributed by atoms with Crippen molar-refractivity contribution >= 4 is 22.6 Å². The number of Topliss-reactive ketones (excluding diaryl/α,β-unsaturated/α-hetero) is 1. The molecule has 8 heteroatoms. The van der Waals surface area contributed by atoms with Crippen LogP contribution in [0.2, 0.25) is 0 Å². The number of nitrogens with zero attached hydrogens (tertiary/aromatic N) is 1. The Bertz CT molecular complexity index is 1480. The summed E-state index contributed by atoms with van der Waals surface area (Å²) < 4.78 is 5.39. The highest BCUT2D eigenvalue weighted by Gasteiger charge is 2.24. The van der Waals surface area contributed by atoms with Crippen LogP contribution in [0.25, 0.3) is 22.2 Å². The van der Waals surface area contributed by atoms with Crippen LogP contribution < -0.4 is 15.0 Å². The Morgan fingerprint density at radius 2 is 1.90 bits per heavy atom. The highest BCUT2D eigenvalue weighted by molar-refractivity contribution is 5.91. The van der Waals surface area contributed by atoms with Gasteiger partial charge in [-0.25, -0.2) is 9.97 Å². The van der Waals surface area contributed by atoms with Gasteiger partial charge < -0.3 is 15.0 Å². The first-order valence-electron chi connectivity index (χ1n) is 13.5. The van der Waals surface area contributed by atoms with Crippen LogP contribution in [0.1, 0.15) is 74.1 Å². The number of aromatic nitrogens is 3. The zero-order valence-corrected chi connectivity index (χ0v) is 22.8. The molecule has 0 saturated heterocycles. The number of ketones is 1. The van der Waals surface area contributed by atoms with Crippen molar-refractivity contribution in [2.24, 2.45) is 0 Å². The van der Waals surface area contributed by atoms with E-state index < -0.39 is 0 Å². The number of fused-ring (bicyclic) bond motifs is 1. The van der Waals surface area contributed by atoms with E-state index in [4.69, 9.17) is 10.00 Å². The SMILES string of the molecule is CCC(=O)CCCCC[C@H](NC(=O)Cc1c(C)[nH]c2ccc(OC)cc12)c1[nH]c(-c2ccc(C#N)cc2)c[nH+]1. The lowest BCUT2D eigenvalue weighted by Crippen LogP contribution is -2.33. The zero-order valence-electron chi connectivity index (χ0n) is 22.8. The molecule has 8 nitrogen and oxygen atoms in total. The zero-order chi connectivity index (χ0) is 27.8. The van der Waals surface area contributed by atoms with E-state index in [0.717, 1.165) is 70.7 Å². The second-order valence-electron chi connectivity index (χ2n) is 9.86. The summed E-state index contributed by atoms with van der Waals surface area (Å²) in [7, 11) is 1.63. The molecule has 1 amide bonds.